The Hall–Kier alpha value is -2.17. The molecule has 0 saturated heterocycles. The minimum atomic E-state index is -0.495. The maximum atomic E-state index is 11.8. The van der Waals surface area contributed by atoms with Gasteiger partial charge in [0.2, 0.25) is 11.7 Å². The van der Waals surface area contributed by atoms with Crippen LogP contribution in [0.4, 0.5) is 0 Å². The van der Waals surface area contributed by atoms with Crippen LogP contribution >= 0.6 is 0 Å². The van der Waals surface area contributed by atoms with Gasteiger partial charge in [-0.1, -0.05) is 42.4 Å². The van der Waals surface area contributed by atoms with Crippen LogP contribution in [0.3, 0.4) is 0 Å². The van der Waals surface area contributed by atoms with Crippen LogP contribution in [-0.2, 0) is 9.53 Å². The predicted molar refractivity (Wildman–Crippen MR) is 69.4 cm³/mol. The molecule has 5 heteroatoms. The first-order valence-corrected chi connectivity index (χ1v) is 6.31. The predicted octanol–water partition coefficient (Wildman–Crippen LogP) is 2.79. The normalized spacial score (nSPS) is 12.1. The number of aromatic nitrogens is 2. The molecule has 0 fully saturated rings. The molecule has 19 heavy (non-hydrogen) atoms. The molecular weight excluding hydrogens is 244 g/mol. The van der Waals surface area contributed by atoms with Crippen LogP contribution in [0.15, 0.2) is 34.9 Å². The molecule has 0 bridgehead atoms. The van der Waals surface area contributed by atoms with E-state index in [0.29, 0.717) is 24.7 Å². The lowest BCUT2D eigenvalue weighted by Gasteiger charge is -2.08. The zero-order valence-electron chi connectivity index (χ0n) is 11.0. The molecule has 0 N–H and O–H groups in total. The van der Waals surface area contributed by atoms with Crippen LogP contribution in [0.1, 0.15) is 32.1 Å². The first kappa shape index (κ1) is 13.3. The number of hydrogen-bond acceptors (Lipinski definition) is 5. The number of ether oxygens (including phenoxy) is 1. The maximum absolute atomic E-state index is 11.8. The van der Waals surface area contributed by atoms with E-state index >= 15 is 0 Å². The van der Waals surface area contributed by atoms with E-state index in [1.165, 1.54) is 0 Å². The average Bonchev–Trinajstić information content (AvgIpc) is 2.90. The third-order valence-electron chi connectivity index (χ3n) is 2.75. The van der Waals surface area contributed by atoms with Crippen molar-refractivity contribution >= 4 is 5.97 Å². The molecule has 1 aromatic heterocycles. The molecule has 2 rings (SSSR count). The summed E-state index contributed by atoms with van der Waals surface area (Å²) in [6.07, 6.45) is 0.565. The molecule has 0 aliphatic rings. The minimum absolute atomic E-state index is 0.305. The number of carbonyl (C=O) groups excluding carboxylic acids is 1. The smallest absolute Gasteiger partial charge is 0.318 e. The standard InChI is InChI=1S/C14H16N2O3/c1-3-11(14(17)18-4-2)13-15-12(16-19-13)10-8-6-5-7-9-10/h5-9,11H,3-4H2,1-2H3. The second-order valence-corrected chi connectivity index (χ2v) is 4.04. The highest BCUT2D eigenvalue weighted by molar-refractivity contribution is 5.76. The Kier molecular flexibility index (Phi) is 4.28. The summed E-state index contributed by atoms with van der Waals surface area (Å²) in [7, 11) is 0. The number of carbonyl (C=O) groups is 1. The summed E-state index contributed by atoms with van der Waals surface area (Å²) >= 11 is 0. The molecule has 1 unspecified atom stereocenters. The Bertz CT molecular complexity index is 537. The summed E-state index contributed by atoms with van der Waals surface area (Å²) in [6, 6.07) is 9.49. The fourth-order valence-electron chi connectivity index (χ4n) is 1.77. The van der Waals surface area contributed by atoms with Gasteiger partial charge in [0, 0.05) is 5.56 Å². The summed E-state index contributed by atoms with van der Waals surface area (Å²) in [4.78, 5) is 16.0. The highest BCUT2D eigenvalue weighted by Gasteiger charge is 2.26. The molecule has 100 valence electrons. The van der Waals surface area contributed by atoms with Gasteiger partial charge in [0.05, 0.1) is 6.61 Å². The molecule has 1 atom stereocenters. The second-order valence-electron chi connectivity index (χ2n) is 4.04. The largest absolute Gasteiger partial charge is 0.465 e. The molecule has 5 nitrogen and oxygen atoms in total. The average molecular weight is 260 g/mol. The Morgan fingerprint density at radius 1 is 1.32 bits per heavy atom. The van der Waals surface area contributed by atoms with E-state index in [0.717, 1.165) is 5.56 Å². The number of rotatable bonds is 5. The van der Waals surface area contributed by atoms with Gasteiger partial charge in [-0.05, 0) is 13.3 Å². The Labute approximate surface area is 111 Å². The van der Waals surface area contributed by atoms with Gasteiger partial charge in [0.25, 0.3) is 0 Å². The van der Waals surface area contributed by atoms with Crippen molar-refractivity contribution in [2.75, 3.05) is 6.61 Å². The number of nitrogens with zero attached hydrogens (tertiary/aromatic N) is 2. The molecule has 1 heterocycles. The number of hydrogen-bond donors (Lipinski definition) is 0. The monoisotopic (exact) mass is 260 g/mol. The first-order valence-electron chi connectivity index (χ1n) is 6.31. The molecular formula is C14H16N2O3. The lowest BCUT2D eigenvalue weighted by molar-refractivity contribution is -0.145. The Balaban J connectivity index is 2.22. The molecule has 0 aliphatic heterocycles. The quantitative estimate of drug-likeness (QED) is 0.773. The van der Waals surface area contributed by atoms with E-state index in [9.17, 15) is 4.79 Å². The maximum Gasteiger partial charge on any atom is 0.318 e. The summed E-state index contributed by atoms with van der Waals surface area (Å²) < 4.78 is 10.2. The highest BCUT2D eigenvalue weighted by atomic mass is 16.5. The fourth-order valence-corrected chi connectivity index (χ4v) is 1.77. The molecule has 0 amide bonds. The van der Waals surface area contributed by atoms with E-state index in [2.05, 4.69) is 10.1 Å². The van der Waals surface area contributed by atoms with Crippen molar-refractivity contribution in [1.29, 1.82) is 0 Å². The summed E-state index contributed by atoms with van der Waals surface area (Å²) in [5.74, 6) is -0.0312. The molecule has 2 aromatic rings. The molecule has 0 spiro atoms. The summed E-state index contributed by atoms with van der Waals surface area (Å²) in [5.41, 5.74) is 0.858. The van der Waals surface area contributed by atoms with Crippen molar-refractivity contribution in [3.63, 3.8) is 0 Å². The zero-order chi connectivity index (χ0) is 13.7. The van der Waals surface area contributed by atoms with Crippen molar-refractivity contribution in [2.24, 2.45) is 0 Å². The van der Waals surface area contributed by atoms with Gasteiger partial charge in [-0.15, -0.1) is 0 Å². The minimum Gasteiger partial charge on any atom is -0.465 e. The fraction of sp³-hybridized carbons (Fsp3) is 0.357. The second kappa shape index (κ2) is 6.13. The van der Waals surface area contributed by atoms with Crippen molar-refractivity contribution in [2.45, 2.75) is 26.2 Å². The van der Waals surface area contributed by atoms with E-state index in [-0.39, 0.29) is 5.97 Å². The van der Waals surface area contributed by atoms with E-state index in [4.69, 9.17) is 9.26 Å². The summed E-state index contributed by atoms with van der Waals surface area (Å²) in [5, 5.41) is 3.90. The van der Waals surface area contributed by atoms with E-state index in [1.807, 2.05) is 37.3 Å². The molecule has 1 aromatic carbocycles. The lowest BCUT2D eigenvalue weighted by Crippen LogP contribution is -2.15. The third kappa shape index (κ3) is 2.99. The third-order valence-corrected chi connectivity index (χ3v) is 2.75. The molecule has 0 aliphatic carbocycles. The highest BCUT2D eigenvalue weighted by Crippen LogP contribution is 2.23. The van der Waals surface area contributed by atoms with Crippen molar-refractivity contribution in [3.05, 3.63) is 36.2 Å². The Morgan fingerprint density at radius 2 is 2.05 bits per heavy atom. The van der Waals surface area contributed by atoms with Crippen LogP contribution in [0.25, 0.3) is 11.4 Å². The zero-order valence-corrected chi connectivity index (χ0v) is 11.0. The summed E-state index contributed by atoms with van der Waals surface area (Å²) in [6.45, 7) is 4.00. The van der Waals surface area contributed by atoms with Gasteiger partial charge < -0.3 is 9.26 Å². The first-order chi connectivity index (χ1) is 9.26. The molecule has 0 radical (unpaired) electrons. The van der Waals surface area contributed by atoms with Crippen molar-refractivity contribution in [3.8, 4) is 11.4 Å². The van der Waals surface area contributed by atoms with Crippen molar-refractivity contribution < 1.29 is 14.1 Å². The SMILES string of the molecule is CCOC(=O)C(CC)c1nc(-c2ccccc2)no1. The van der Waals surface area contributed by atoms with E-state index in [1.54, 1.807) is 6.92 Å². The molecule has 0 saturated carbocycles. The number of esters is 1. The lowest BCUT2D eigenvalue weighted by atomic mass is 10.1. The van der Waals surface area contributed by atoms with Crippen LogP contribution in [0.2, 0.25) is 0 Å². The van der Waals surface area contributed by atoms with E-state index < -0.39 is 5.92 Å². The van der Waals surface area contributed by atoms with Gasteiger partial charge in [0.1, 0.15) is 5.92 Å². The van der Waals surface area contributed by atoms with Crippen LogP contribution in [0.5, 0.6) is 0 Å². The topological polar surface area (TPSA) is 65.2 Å². The van der Waals surface area contributed by atoms with Crippen LogP contribution in [0, 0.1) is 0 Å². The Morgan fingerprint density at radius 3 is 2.68 bits per heavy atom. The number of benzene rings is 1. The van der Waals surface area contributed by atoms with Crippen molar-refractivity contribution in [1.82, 2.24) is 10.1 Å². The van der Waals surface area contributed by atoms with Gasteiger partial charge in [-0.25, -0.2) is 0 Å². The van der Waals surface area contributed by atoms with Gasteiger partial charge in [-0.2, -0.15) is 4.98 Å². The van der Waals surface area contributed by atoms with Crippen LogP contribution in [-0.4, -0.2) is 22.7 Å². The van der Waals surface area contributed by atoms with Gasteiger partial charge in [0.15, 0.2) is 0 Å². The van der Waals surface area contributed by atoms with Gasteiger partial charge >= 0.3 is 5.97 Å². The van der Waals surface area contributed by atoms with Gasteiger partial charge in [-0.3, -0.25) is 4.79 Å². The van der Waals surface area contributed by atoms with Crippen LogP contribution < -0.4 is 0 Å².